The maximum Gasteiger partial charge on any atom is 0.138 e. The molecule has 0 spiro atoms. The Hall–Kier alpha value is -1.98. The van der Waals surface area contributed by atoms with E-state index >= 15 is 0 Å². The van der Waals surface area contributed by atoms with Gasteiger partial charge < -0.3 is 5.73 Å². The Kier molecular flexibility index (Phi) is 4.33. The lowest BCUT2D eigenvalue weighted by Gasteiger charge is -2.12. The maximum absolute atomic E-state index is 13.2. The van der Waals surface area contributed by atoms with E-state index < -0.39 is 0 Å². The Bertz CT molecular complexity index is 862. The molecule has 0 saturated carbocycles. The molecule has 2 aromatic heterocycles. The van der Waals surface area contributed by atoms with Gasteiger partial charge in [0.15, 0.2) is 0 Å². The molecular formula is C17H12BrClFN3. The van der Waals surface area contributed by atoms with Gasteiger partial charge >= 0.3 is 0 Å². The summed E-state index contributed by atoms with van der Waals surface area (Å²) in [5.41, 5.74) is 9.86. The largest absolute Gasteiger partial charge is 0.383 e. The molecule has 116 valence electrons. The number of hydrogen-bond acceptors (Lipinski definition) is 3. The first-order chi connectivity index (χ1) is 10.9. The third-order valence-corrected chi connectivity index (χ3v) is 4.18. The minimum absolute atomic E-state index is 0.303. The molecule has 0 aliphatic heterocycles. The van der Waals surface area contributed by atoms with Crippen molar-refractivity contribution >= 4 is 33.3 Å². The van der Waals surface area contributed by atoms with Crippen molar-refractivity contribution in [2.45, 2.75) is 6.92 Å². The molecule has 3 aromatic rings. The van der Waals surface area contributed by atoms with Gasteiger partial charge in [0.05, 0.1) is 10.2 Å². The average Bonchev–Trinajstić information content (AvgIpc) is 2.49. The fourth-order valence-electron chi connectivity index (χ4n) is 2.33. The summed E-state index contributed by atoms with van der Waals surface area (Å²) in [7, 11) is 0. The Morgan fingerprint density at radius 3 is 2.39 bits per heavy atom. The molecule has 1 aromatic carbocycles. The van der Waals surface area contributed by atoms with Crippen LogP contribution in [0.4, 0.5) is 10.2 Å². The van der Waals surface area contributed by atoms with Crippen LogP contribution in [0.2, 0.25) is 5.15 Å². The SMILES string of the molecule is Cc1cc(-c2cc(Br)c(N)nc2-c2ccc(F)cc2)cc(Cl)n1. The molecule has 23 heavy (non-hydrogen) atoms. The number of rotatable bonds is 2. The third-order valence-electron chi connectivity index (χ3n) is 3.35. The predicted molar refractivity (Wildman–Crippen MR) is 94.7 cm³/mol. The molecular weight excluding hydrogens is 381 g/mol. The Labute approximate surface area is 146 Å². The highest BCUT2D eigenvalue weighted by molar-refractivity contribution is 9.10. The van der Waals surface area contributed by atoms with E-state index in [1.807, 2.05) is 19.1 Å². The summed E-state index contributed by atoms with van der Waals surface area (Å²) >= 11 is 9.48. The van der Waals surface area contributed by atoms with E-state index in [9.17, 15) is 4.39 Å². The summed E-state index contributed by atoms with van der Waals surface area (Å²) < 4.78 is 13.9. The van der Waals surface area contributed by atoms with Gasteiger partial charge in [-0.1, -0.05) is 11.6 Å². The van der Waals surface area contributed by atoms with Gasteiger partial charge in [0.25, 0.3) is 0 Å². The number of hydrogen-bond donors (Lipinski definition) is 1. The standard InChI is InChI=1S/C17H12BrClFN3/c1-9-6-11(7-15(19)22-9)13-8-14(18)17(21)23-16(13)10-2-4-12(20)5-3-10/h2-8H,1H3,(H2,21,23). The van der Waals surface area contributed by atoms with E-state index in [4.69, 9.17) is 17.3 Å². The Balaban J connectivity index is 2.26. The van der Waals surface area contributed by atoms with Gasteiger partial charge in [0, 0.05) is 16.8 Å². The second-order valence-electron chi connectivity index (χ2n) is 5.08. The van der Waals surface area contributed by atoms with Crippen LogP contribution in [-0.2, 0) is 0 Å². The van der Waals surface area contributed by atoms with E-state index in [1.54, 1.807) is 18.2 Å². The van der Waals surface area contributed by atoms with Crippen molar-refractivity contribution in [3.05, 3.63) is 63.6 Å². The molecule has 0 aliphatic carbocycles. The van der Waals surface area contributed by atoms with Gasteiger partial charge in [-0.15, -0.1) is 0 Å². The zero-order valence-corrected chi connectivity index (χ0v) is 14.5. The summed E-state index contributed by atoms with van der Waals surface area (Å²) in [6.07, 6.45) is 0. The molecule has 0 bridgehead atoms. The van der Waals surface area contributed by atoms with Crippen LogP contribution >= 0.6 is 27.5 Å². The molecule has 0 radical (unpaired) electrons. The minimum Gasteiger partial charge on any atom is -0.383 e. The number of nitrogens with two attached hydrogens (primary N) is 1. The van der Waals surface area contributed by atoms with Crippen LogP contribution in [0.1, 0.15) is 5.69 Å². The van der Waals surface area contributed by atoms with Crippen molar-refractivity contribution in [2.24, 2.45) is 0 Å². The van der Waals surface area contributed by atoms with Crippen LogP contribution in [0.5, 0.6) is 0 Å². The van der Waals surface area contributed by atoms with Crippen LogP contribution in [0.25, 0.3) is 22.4 Å². The lowest BCUT2D eigenvalue weighted by Crippen LogP contribution is -1.98. The molecule has 0 unspecified atom stereocenters. The number of nitrogens with zero attached hydrogens (tertiary/aromatic N) is 2. The van der Waals surface area contributed by atoms with E-state index in [0.717, 1.165) is 22.4 Å². The first kappa shape index (κ1) is 15.9. The highest BCUT2D eigenvalue weighted by atomic mass is 79.9. The summed E-state index contributed by atoms with van der Waals surface area (Å²) in [5, 5.41) is 0.401. The molecule has 0 aliphatic rings. The number of benzene rings is 1. The molecule has 6 heteroatoms. The fourth-order valence-corrected chi connectivity index (χ4v) is 2.90. The van der Waals surface area contributed by atoms with Crippen LogP contribution in [0.15, 0.2) is 46.9 Å². The summed E-state index contributed by atoms with van der Waals surface area (Å²) in [6, 6.07) is 11.7. The number of anilines is 1. The highest BCUT2D eigenvalue weighted by Crippen LogP contribution is 2.36. The maximum atomic E-state index is 13.2. The normalized spacial score (nSPS) is 10.8. The van der Waals surface area contributed by atoms with Gasteiger partial charge in [0.2, 0.25) is 0 Å². The lowest BCUT2D eigenvalue weighted by atomic mass is 9.99. The van der Waals surface area contributed by atoms with Gasteiger partial charge in [-0.2, -0.15) is 0 Å². The van der Waals surface area contributed by atoms with Crippen LogP contribution in [0.3, 0.4) is 0 Å². The van der Waals surface area contributed by atoms with E-state index in [-0.39, 0.29) is 5.82 Å². The Morgan fingerprint density at radius 1 is 1.04 bits per heavy atom. The third kappa shape index (κ3) is 3.35. The topological polar surface area (TPSA) is 51.8 Å². The molecule has 2 heterocycles. The zero-order valence-electron chi connectivity index (χ0n) is 12.1. The lowest BCUT2D eigenvalue weighted by molar-refractivity contribution is 0.628. The van der Waals surface area contributed by atoms with Crippen molar-refractivity contribution in [1.82, 2.24) is 9.97 Å². The second-order valence-corrected chi connectivity index (χ2v) is 6.32. The second kappa shape index (κ2) is 6.26. The number of nitrogen functional groups attached to an aromatic ring is 1. The molecule has 3 nitrogen and oxygen atoms in total. The van der Waals surface area contributed by atoms with E-state index in [0.29, 0.717) is 21.1 Å². The smallest absolute Gasteiger partial charge is 0.138 e. The average molecular weight is 393 g/mol. The quantitative estimate of drug-likeness (QED) is 0.606. The summed E-state index contributed by atoms with van der Waals surface area (Å²) in [4.78, 5) is 8.63. The predicted octanol–water partition coefficient (Wildman–Crippen LogP) is 5.26. The number of aryl methyl sites for hydroxylation is 1. The first-order valence-electron chi connectivity index (χ1n) is 6.80. The van der Waals surface area contributed by atoms with Crippen molar-refractivity contribution in [3.63, 3.8) is 0 Å². The van der Waals surface area contributed by atoms with Gasteiger partial charge in [0.1, 0.15) is 16.8 Å². The van der Waals surface area contributed by atoms with Crippen molar-refractivity contribution in [2.75, 3.05) is 5.73 Å². The monoisotopic (exact) mass is 391 g/mol. The fraction of sp³-hybridized carbons (Fsp3) is 0.0588. The zero-order chi connectivity index (χ0) is 16.6. The molecule has 0 amide bonds. The van der Waals surface area contributed by atoms with Crippen LogP contribution in [0, 0.1) is 12.7 Å². The minimum atomic E-state index is -0.303. The molecule has 0 fully saturated rings. The molecule has 0 saturated heterocycles. The van der Waals surface area contributed by atoms with Gasteiger partial charge in [-0.3, -0.25) is 0 Å². The summed E-state index contributed by atoms with van der Waals surface area (Å²) in [5.74, 6) is 0.0631. The van der Waals surface area contributed by atoms with Crippen molar-refractivity contribution in [1.29, 1.82) is 0 Å². The molecule has 2 N–H and O–H groups in total. The van der Waals surface area contributed by atoms with Crippen LogP contribution < -0.4 is 5.73 Å². The molecule has 0 atom stereocenters. The number of pyridine rings is 2. The van der Waals surface area contributed by atoms with Crippen molar-refractivity contribution in [3.8, 4) is 22.4 Å². The first-order valence-corrected chi connectivity index (χ1v) is 7.97. The molecule has 3 rings (SSSR count). The van der Waals surface area contributed by atoms with Gasteiger partial charge in [-0.25, -0.2) is 14.4 Å². The number of halogens is 3. The van der Waals surface area contributed by atoms with Crippen molar-refractivity contribution < 1.29 is 4.39 Å². The number of aromatic nitrogens is 2. The van der Waals surface area contributed by atoms with E-state index in [2.05, 4.69) is 25.9 Å². The van der Waals surface area contributed by atoms with Gasteiger partial charge in [-0.05, 0) is 70.9 Å². The van der Waals surface area contributed by atoms with E-state index in [1.165, 1.54) is 12.1 Å². The Morgan fingerprint density at radius 2 is 1.74 bits per heavy atom. The van der Waals surface area contributed by atoms with Crippen LogP contribution in [-0.4, -0.2) is 9.97 Å². The summed E-state index contributed by atoms with van der Waals surface area (Å²) in [6.45, 7) is 1.87. The highest BCUT2D eigenvalue weighted by Gasteiger charge is 2.14.